The van der Waals surface area contributed by atoms with Crippen molar-refractivity contribution < 1.29 is 8.83 Å². The predicted octanol–water partition coefficient (Wildman–Crippen LogP) is 15.3. The molecular formula is C57H37N3O2. The molecule has 0 bridgehead atoms. The van der Waals surface area contributed by atoms with Crippen LogP contribution in [0.2, 0.25) is 0 Å². The average Bonchev–Trinajstić information content (AvgIpc) is 3.93. The number of para-hydroxylation sites is 1. The van der Waals surface area contributed by atoms with E-state index in [1.807, 2.05) is 24.3 Å². The molecule has 0 fully saturated rings. The van der Waals surface area contributed by atoms with Gasteiger partial charge >= 0.3 is 0 Å². The number of nitrogens with zero attached hydrogens (tertiary/aromatic N) is 3. The zero-order chi connectivity index (χ0) is 41.0. The first-order valence-corrected chi connectivity index (χ1v) is 21.0. The molecule has 5 nitrogen and oxygen atoms in total. The van der Waals surface area contributed by atoms with Crippen molar-refractivity contribution in [2.75, 3.05) is 0 Å². The van der Waals surface area contributed by atoms with Gasteiger partial charge in [0, 0.05) is 44.2 Å². The molecule has 292 valence electrons. The van der Waals surface area contributed by atoms with Crippen molar-refractivity contribution in [3.05, 3.63) is 212 Å². The number of hydrogen-bond acceptors (Lipinski definition) is 5. The molecule has 0 N–H and O–H groups in total. The Kier molecular flexibility index (Phi) is 8.56. The largest absolute Gasteiger partial charge is 0.455 e. The van der Waals surface area contributed by atoms with Gasteiger partial charge in [-0.15, -0.1) is 0 Å². The standard InChI is InChI=1S/C57H37N3O2/c1-6-18-36(19-7-1)41-32-46(38-22-10-3-11-23-38)53-48(34-41)43-28-16-30-45(52(43)62-53)57-59-55(40-26-14-5-15-27-40)58-56(60-57)44-29-17-31-50-51(44)49-35-42(37-20-8-2-9-21-37)33-47(54(49)61-50)39-24-12-4-13-25-39/h1-26,28-35,40H,27H2. The normalized spacial score (nSPS) is 13.8. The second-order valence-electron chi connectivity index (χ2n) is 15.8. The lowest BCUT2D eigenvalue weighted by Gasteiger charge is -2.15. The number of allylic oxidation sites excluding steroid dienone is 4. The van der Waals surface area contributed by atoms with Crippen LogP contribution in [0.1, 0.15) is 18.2 Å². The van der Waals surface area contributed by atoms with Crippen LogP contribution in [0.3, 0.4) is 0 Å². The summed E-state index contributed by atoms with van der Waals surface area (Å²) >= 11 is 0. The number of aromatic nitrogens is 3. The van der Waals surface area contributed by atoms with E-state index < -0.39 is 0 Å². The maximum absolute atomic E-state index is 7.03. The van der Waals surface area contributed by atoms with Crippen LogP contribution in [-0.4, -0.2) is 15.0 Å². The van der Waals surface area contributed by atoms with Gasteiger partial charge in [-0.05, 0) is 76.2 Å². The summed E-state index contributed by atoms with van der Waals surface area (Å²) in [7, 11) is 0. The fourth-order valence-corrected chi connectivity index (χ4v) is 9.02. The molecule has 0 saturated carbocycles. The molecule has 0 amide bonds. The smallest absolute Gasteiger partial charge is 0.167 e. The summed E-state index contributed by atoms with van der Waals surface area (Å²) in [5.41, 5.74) is 13.6. The molecule has 0 radical (unpaired) electrons. The van der Waals surface area contributed by atoms with Gasteiger partial charge in [0.25, 0.3) is 0 Å². The molecular weight excluding hydrogens is 759 g/mol. The Morgan fingerprint density at radius 1 is 0.387 bits per heavy atom. The van der Waals surface area contributed by atoms with Gasteiger partial charge in [-0.25, -0.2) is 15.0 Å². The second-order valence-corrected chi connectivity index (χ2v) is 15.8. The highest BCUT2D eigenvalue weighted by Gasteiger charge is 2.24. The van der Waals surface area contributed by atoms with E-state index in [1.54, 1.807) is 0 Å². The molecule has 0 aliphatic heterocycles. The van der Waals surface area contributed by atoms with E-state index in [1.165, 1.54) is 0 Å². The van der Waals surface area contributed by atoms with Gasteiger partial charge in [0.2, 0.25) is 0 Å². The molecule has 3 aromatic heterocycles. The summed E-state index contributed by atoms with van der Waals surface area (Å²) in [4.78, 5) is 15.9. The number of fused-ring (bicyclic) bond motifs is 6. The second kappa shape index (κ2) is 14.8. The monoisotopic (exact) mass is 795 g/mol. The molecule has 0 spiro atoms. The quantitative estimate of drug-likeness (QED) is 0.161. The Balaban J connectivity index is 1.11. The van der Waals surface area contributed by atoms with E-state index >= 15 is 0 Å². The van der Waals surface area contributed by atoms with Crippen LogP contribution in [0.5, 0.6) is 0 Å². The van der Waals surface area contributed by atoms with E-state index in [4.69, 9.17) is 23.8 Å². The molecule has 62 heavy (non-hydrogen) atoms. The molecule has 1 aliphatic carbocycles. The molecule has 1 aliphatic rings. The fourth-order valence-electron chi connectivity index (χ4n) is 9.02. The number of rotatable bonds is 7. The van der Waals surface area contributed by atoms with E-state index in [0.29, 0.717) is 17.5 Å². The maximum atomic E-state index is 7.03. The van der Waals surface area contributed by atoms with E-state index in [2.05, 4.69) is 182 Å². The minimum atomic E-state index is -0.0249. The lowest BCUT2D eigenvalue weighted by molar-refractivity contribution is 0.669. The topological polar surface area (TPSA) is 65.0 Å². The van der Waals surface area contributed by atoms with Gasteiger partial charge in [0.05, 0.1) is 5.56 Å². The third kappa shape index (κ3) is 6.13. The summed E-state index contributed by atoms with van der Waals surface area (Å²) in [6.07, 6.45) is 9.29. The predicted molar refractivity (Wildman–Crippen MR) is 253 cm³/mol. The molecule has 8 aromatic carbocycles. The van der Waals surface area contributed by atoms with Crippen LogP contribution in [0.4, 0.5) is 0 Å². The molecule has 3 heterocycles. The maximum Gasteiger partial charge on any atom is 0.167 e. The van der Waals surface area contributed by atoms with Gasteiger partial charge in [0.1, 0.15) is 28.2 Å². The van der Waals surface area contributed by atoms with Crippen LogP contribution >= 0.6 is 0 Å². The van der Waals surface area contributed by atoms with E-state index in [0.717, 1.165) is 106 Å². The highest BCUT2D eigenvalue weighted by Crippen LogP contribution is 2.45. The average molecular weight is 796 g/mol. The van der Waals surface area contributed by atoms with Crippen LogP contribution in [0.25, 0.3) is 111 Å². The summed E-state index contributed by atoms with van der Waals surface area (Å²) in [6.45, 7) is 0. The molecule has 1 unspecified atom stereocenters. The van der Waals surface area contributed by atoms with Crippen LogP contribution < -0.4 is 0 Å². The van der Waals surface area contributed by atoms with Crippen molar-refractivity contribution >= 4 is 43.9 Å². The minimum absolute atomic E-state index is 0.0249. The molecule has 0 saturated heterocycles. The van der Waals surface area contributed by atoms with Crippen molar-refractivity contribution in [3.63, 3.8) is 0 Å². The lowest BCUT2D eigenvalue weighted by atomic mass is 9.94. The third-order valence-electron chi connectivity index (χ3n) is 12.0. The van der Waals surface area contributed by atoms with Crippen LogP contribution in [0, 0.1) is 0 Å². The number of hydrogen-bond donors (Lipinski definition) is 0. The van der Waals surface area contributed by atoms with Crippen molar-refractivity contribution in [2.24, 2.45) is 0 Å². The molecule has 12 rings (SSSR count). The highest BCUT2D eigenvalue weighted by atomic mass is 16.3. The van der Waals surface area contributed by atoms with Crippen LogP contribution in [0.15, 0.2) is 215 Å². The minimum Gasteiger partial charge on any atom is -0.455 e. The lowest BCUT2D eigenvalue weighted by Crippen LogP contribution is -2.08. The Hall–Kier alpha value is -8.15. The summed E-state index contributed by atoms with van der Waals surface area (Å²) in [5.74, 6) is 1.82. The van der Waals surface area contributed by atoms with Crippen molar-refractivity contribution in [1.29, 1.82) is 0 Å². The zero-order valence-corrected chi connectivity index (χ0v) is 33.6. The van der Waals surface area contributed by atoms with Crippen molar-refractivity contribution in [3.8, 4) is 67.3 Å². The van der Waals surface area contributed by atoms with Gasteiger partial charge < -0.3 is 8.83 Å². The molecule has 11 aromatic rings. The SMILES string of the molecule is C1=CCC(c2nc(-c3cccc4c3oc3c(-c5ccccc5)cc(-c5ccccc5)cc34)nc(-c3cccc4oc5c(-c6ccccc6)cc(-c6ccccc6)cc5c34)n2)C=C1. The zero-order valence-electron chi connectivity index (χ0n) is 33.6. The van der Waals surface area contributed by atoms with Gasteiger partial charge in [-0.3, -0.25) is 0 Å². The Labute approximate surface area is 358 Å². The van der Waals surface area contributed by atoms with Gasteiger partial charge in [-0.1, -0.05) is 170 Å². The Morgan fingerprint density at radius 2 is 0.919 bits per heavy atom. The van der Waals surface area contributed by atoms with Gasteiger partial charge in [0.15, 0.2) is 11.6 Å². The number of benzene rings is 8. The van der Waals surface area contributed by atoms with Crippen molar-refractivity contribution in [1.82, 2.24) is 15.0 Å². The first kappa shape index (κ1) is 35.8. The molecule has 5 heteroatoms. The van der Waals surface area contributed by atoms with E-state index in [-0.39, 0.29) is 5.92 Å². The summed E-state index contributed by atoms with van der Waals surface area (Å²) in [6, 6.07) is 63.4. The first-order valence-electron chi connectivity index (χ1n) is 21.0. The van der Waals surface area contributed by atoms with E-state index in [9.17, 15) is 0 Å². The third-order valence-corrected chi connectivity index (χ3v) is 12.0. The first-order chi connectivity index (χ1) is 30.7. The highest BCUT2D eigenvalue weighted by molar-refractivity contribution is 6.17. The van der Waals surface area contributed by atoms with Crippen LogP contribution in [-0.2, 0) is 0 Å². The summed E-state index contributed by atoms with van der Waals surface area (Å²) < 4.78 is 13.9. The number of furan rings is 2. The van der Waals surface area contributed by atoms with Crippen molar-refractivity contribution in [2.45, 2.75) is 12.3 Å². The fraction of sp³-hybridized carbons (Fsp3) is 0.0351. The van der Waals surface area contributed by atoms with Gasteiger partial charge in [-0.2, -0.15) is 0 Å². The summed E-state index contributed by atoms with van der Waals surface area (Å²) in [5, 5.41) is 4.00. The Bertz CT molecular complexity index is 3530. The Morgan fingerprint density at radius 3 is 1.53 bits per heavy atom. The molecule has 1 atom stereocenters.